The molecular weight excluding hydrogens is 159 g/mol. The quantitative estimate of drug-likeness (QED) is 0.443. The molecule has 2 aliphatic heterocycles. The summed E-state index contributed by atoms with van der Waals surface area (Å²) in [6.45, 7) is 1.63. The van der Waals surface area contributed by atoms with Crippen molar-refractivity contribution in [1.29, 1.82) is 0 Å². The van der Waals surface area contributed by atoms with Crippen LogP contribution in [0, 0.1) is 0 Å². The van der Waals surface area contributed by atoms with Crippen LogP contribution >= 0.6 is 0 Å². The Labute approximate surface area is 71.9 Å². The van der Waals surface area contributed by atoms with Gasteiger partial charge in [-0.15, -0.1) is 0 Å². The van der Waals surface area contributed by atoms with Crippen LogP contribution in [0.4, 0.5) is 0 Å². The molecule has 2 bridgehead atoms. The van der Waals surface area contributed by atoms with Gasteiger partial charge < -0.3 is 19.7 Å². The van der Waals surface area contributed by atoms with Crippen molar-refractivity contribution >= 4 is 7.85 Å². The molecule has 0 spiro atoms. The molecule has 0 aromatic carbocycles. The SMILES string of the molecule is B[C@@H]1O[C@]2(CO)C(C)O[C@H]1[C@H]2O. The first-order chi connectivity index (χ1) is 5.62. The first-order valence-corrected chi connectivity index (χ1v) is 4.24. The lowest BCUT2D eigenvalue weighted by Crippen LogP contribution is -2.49. The van der Waals surface area contributed by atoms with Gasteiger partial charge in [0.05, 0.1) is 18.7 Å². The Balaban J connectivity index is 2.30. The van der Waals surface area contributed by atoms with Crippen molar-refractivity contribution in [2.45, 2.75) is 36.8 Å². The normalized spacial score (nSPS) is 57.9. The molecule has 2 rings (SSSR count). The molecule has 2 aliphatic rings. The molecule has 0 amide bonds. The van der Waals surface area contributed by atoms with Crippen molar-refractivity contribution in [3.05, 3.63) is 0 Å². The van der Waals surface area contributed by atoms with Gasteiger partial charge in [-0.25, -0.2) is 0 Å². The molecule has 2 fully saturated rings. The fraction of sp³-hybridized carbons (Fsp3) is 1.00. The number of rotatable bonds is 1. The van der Waals surface area contributed by atoms with E-state index < -0.39 is 11.7 Å². The number of fused-ring (bicyclic) bond motifs is 2. The second kappa shape index (κ2) is 2.45. The minimum absolute atomic E-state index is 0.122. The Morgan fingerprint density at radius 1 is 1.58 bits per heavy atom. The maximum atomic E-state index is 9.71. The van der Waals surface area contributed by atoms with Crippen LogP contribution in [-0.2, 0) is 9.47 Å². The van der Waals surface area contributed by atoms with Gasteiger partial charge in [0.1, 0.15) is 25.7 Å². The zero-order valence-corrected chi connectivity index (χ0v) is 7.23. The van der Waals surface area contributed by atoms with Crippen LogP contribution in [0.2, 0.25) is 0 Å². The lowest BCUT2D eigenvalue weighted by molar-refractivity contribution is -0.173. The zero-order chi connectivity index (χ0) is 8.93. The number of hydrogen-bond donors (Lipinski definition) is 2. The second-order valence-electron chi connectivity index (χ2n) is 3.62. The van der Waals surface area contributed by atoms with E-state index in [1.807, 2.05) is 14.8 Å². The summed E-state index contributed by atoms with van der Waals surface area (Å²) in [7, 11) is 1.84. The van der Waals surface area contributed by atoms with E-state index >= 15 is 0 Å². The third kappa shape index (κ3) is 0.772. The van der Waals surface area contributed by atoms with E-state index in [4.69, 9.17) is 14.6 Å². The van der Waals surface area contributed by atoms with Crippen LogP contribution in [-0.4, -0.2) is 54.6 Å². The van der Waals surface area contributed by atoms with Crippen LogP contribution in [0.1, 0.15) is 6.92 Å². The van der Waals surface area contributed by atoms with E-state index in [-0.39, 0.29) is 24.8 Å². The van der Waals surface area contributed by atoms with Crippen molar-refractivity contribution in [1.82, 2.24) is 0 Å². The van der Waals surface area contributed by atoms with Crippen molar-refractivity contribution in [3.63, 3.8) is 0 Å². The largest absolute Gasteiger partial charge is 0.393 e. The molecule has 0 aromatic heterocycles. The highest BCUT2D eigenvalue weighted by atomic mass is 16.6. The highest BCUT2D eigenvalue weighted by molar-refractivity contribution is 6.11. The fourth-order valence-corrected chi connectivity index (χ4v) is 2.15. The third-order valence-electron chi connectivity index (χ3n) is 2.98. The Morgan fingerprint density at radius 3 is 2.58 bits per heavy atom. The van der Waals surface area contributed by atoms with Gasteiger partial charge in [0, 0.05) is 0 Å². The summed E-state index contributed by atoms with van der Waals surface area (Å²) in [5.41, 5.74) is -0.871. The predicted molar refractivity (Wildman–Crippen MR) is 43.6 cm³/mol. The Kier molecular flexibility index (Phi) is 1.73. The zero-order valence-electron chi connectivity index (χ0n) is 7.23. The minimum Gasteiger partial charge on any atom is -0.393 e. The summed E-state index contributed by atoms with van der Waals surface area (Å²) in [6, 6.07) is -0.122. The predicted octanol–water partition coefficient (Wildman–Crippen LogP) is -2.14. The average molecular weight is 172 g/mol. The summed E-state index contributed by atoms with van der Waals surface area (Å²) in [6.07, 6.45) is -1.18. The molecule has 2 saturated heterocycles. The van der Waals surface area contributed by atoms with E-state index in [2.05, 4.69) is 0 Å². The van der Waals surface area contributed by atoms with Gasteiger partial charge in [-0.3, -0.25) is 0 Å². The van der Waals surface area contributed by atoms with E-state index in [0.29, 0.717) is 0 Å². The molecule has 1 unspecified atom stereocenters. The maximum absolute atomic E-state index is 9.71. The molecular formula is C7H13BO4. The van der Waals surface area contributed by atoms with Gasteiger partial charge in [0.25, 0.3) is 0 Å². The Hall–Kier alpha value is -0.0951. The monoisotopic (exact) mass is 172 g/mol. The first kappa shape index (κ1) is 8.50. The summed E-state index contributed by atoms with van der Waals surface area (Å²) in [5, 5.41) is 18.8. The van der Waals surface area contributed by atoms with Crippen LogP contribution in [0.3, 0.4) is 0 Å². The van der Waals surface area contributed by atoms with E-state index in [1.165, 1.54) is 0 Å². The molecule has 0 aromatic rings. The van der Waals surface area contributed by atoms with Crippen LogP contribution in [0.5, 0.6) is 0 Å². The third-order valence-corrected chi connectivity index (χ3v) is 2.98. The van der Waals surface area contributed by atoms with Crippen molar-refractivity contribution < 1.29 is 19.7 Å². The molecule has 0 radical (unpaired) electrons. The highest BCUT2D eigenvalue weighted by Gasteiger charge is 2.63. The molecule has 2 N–H and O–H groups in total. The van der Waals surface area contributed by atoms with Crippen LogP contribution < -0.4 is 0 Å². The topological polar surface area (TPSA) is 58.9 Å². The second-order valence-corrected chi connectivity index (χ2v) is 3.62. The summed E-state index contributed by atoms with van der Waals surface area (Å²) >= 11 is 0. The number of aliphatic hydroxyl groups excluding tert-OH is 2. The molecule has 0 aliphatic carbocycles. The smallest absolute Gasteiger partial charge is 0.145 e. The van der Waals surface area contributed by atoms with Gasteiger partial charge in [0.2, 0.25) is 0 Å². The van der Waals surface area contributed by atoms with Crippen LogP contribution in [0.15, 0.2) is 0 Å². The van der Waals surface area contributed by atoms with Gasteiger partial charge in [-0.1, -0.05) is 0 Å². The van der Waals surface area contributed by atoms with Crippen molar-refractivity contribution in [2.75, 3.05) is 6.61 Å². The summed E-state index contributed by atoms with van der Waals surface area (Å²) in [5.74, 6) is 0. The molecule has 5 heteroatoms. The lowest BCUT2D eigenvalue weighted by atomic mass is 9.91. The van der Waals surface area contributed by atoms with E-state index in [9.17, 15) is 5.11 Å². The molecule has 12 heavy (non-hydrogen) atoms. The average Bonchev–Trinajstić information content (AvgIpc) is 2.41. The van der Waals surface area contributed by atoms with Gasteiger partial charge in [0.15, 0.2) is 0 Å². The molecule has 4 nitrogen and oxygen atoms in total. The van der Waals surface area contributed by atoms with Crippen LogP contribution in [0.25, 0.3) is 0 Å². The Morgan fingerprint density at radius 2 is 2.25 bits per heavy atom. The molecule has 0 saturated carbocycles. The van der Waals surface area contributed by atoms with E-state index in [0.717, 1.165) is 0 Å². The minimum atomic E-state index is -0.871. The molecule has 68 valence electrons. The lowest BCUT2D eigenvalue weighted by Gasteiger charge is -2.33. The van der Waals surface area contributed by atoms with Crippen molar-refractivity contribution in [2.24, 2.45) is 0 Å². The standard InChI is InChI=1S/C7H13BO4/c1-3-7(2-9)5(10)4(11-3)6(8)12-7/h3-6,9-10H,2,8H2,1H3/t3?,4-,5+,6+,7+/m0/s1. The highest BCUT2D eigenvalue weighted by Crippen LogP contribution is 2.42. The number of ether oxygens (including phenoxy) is 2. The first-order valence-electron chi connectivity index (χ1n) is 4.24. The Bertz CT molecular complexity index is 200. The van der Waals surface area contributed by atoms with Gasteiger partial charge >= 0.3 is 0 Å². The van der Waals surface area contributed by atoms with Crippen molar-refractivity contribution in [3.8, 4) is 0 Å². The molecule has 2 heterocycles. The fourth-order valence-electron chi connectivity index (χ4n) is 2.15. The summed E-state index contributed by atoms with van der Waals surface area (Å²) in [4.78, 5) is 0. The number of hydrogen-bond acceptors (Lipinski definition) is 4. The summed E-state index contributed by atoms with van der Waals surface area (Å²) < 4.78 is 10.9. The number of aliphatic hydroxyl groups is 2. The van der Waals surface area contributed by atoms with Gasteiger partial charge in [-0.05, 0) is 6.92 Å². The molecule has 5 atom stereocenters. The van der Waals surface area contributed by atoms with Gasteiger partial charge in [-0.2, -0.15) is 0 Å². The van der Waals surface area contributed by atoms with E-state index in [1.54, 1.807) is 0 Å². The maximum Gasteiger partial charge on any atom is 0.145 e.